The van der Waals surface area contributed by atoms with E-state index in [1.54, 1.807) is 18.2 Å². The molecule has 1 fully saturated rings. The van der Waals surface area contributed by atoms with Crippen LogP contribution in [0.4, 0.5) is 11.4 Å². The maximum atomic E-state index is 12.8. The number of methoxy groups -OCH3 is 1. The van der Waals surface area contributed by atoms with Gasteiger partial charge in [0.25, 0.3) is 11.8 Å². The average molecular weight is 474 g/mol. The van der Waals surface area contributed by atoms with Crippen LogP contribution in [-0.4, -0.2) is 23.8 Å². The first-order chi connectivity index (χ1) is 15.3. The van der Waals surface area contributed by atoms with E-state index in [1.807, 2.05) is 0 Å². The predicted molar refractivity (Wildman–Crippen MR) is 117 cm³/mol. The van der Waals surface area contributed by atoms with Gasteiger partial charge in [0.2, 0.25) is 0 Å². The number of hydrogen-bond acceptors (Lipinski definition) is 6. The minimum absolute atomic E-state index is 0.114. The lowest BCUT2D eigenvalue weighted by Crippen LogP contribution is -2.35. The van der Waals surface area contributed by atoms with Gasteiger partial charge in [-0.1, -0.05) is 23.2 Å². The highest BCUT2D eigenvalue weighted by Gasteiger charge is 2.35. The number of hydrazine groups is 1. The molecule has 1 aliphatic heterocycles. The number of nitro benzene ring substituents is 1. The molecule has 2 aromatic carbocycles. The first kappa shape index (κ1) is 21.4. The van der Waals surface area contributed by atoms with Gasteiger partial charge in [0.05, 0.1) is 27.8 Å². The fourth-order valence-electron chi connectivity index (χ4n) is 3.08. The highest BCUT2D eigenvalue weighted by atomic mass is 35.5. The summed E-state index contributed by atoms with van der Waals surface area (Å²) in [6, 6.07) is 12.0. The van der Waals surface area contributed by atoms with E-state index in [0.29, 0.717) is 22.0 Å². The normalized spacial score (nSPS) is 14.7. The Morgan fingerprint density at radius 2 is 1.88 bits per heavy atom. The van der Waals surface area contributed by atoms with E-state index in [-0.39, 0.29) is 27.8 Å². The van der Waals surface area contributed by atoms with Gasteiger partial charge in [-0.05, 0) is 48.5 Å². The quantitative estimate of drug-likeness (QED) is 0.250. The van der Waals surface area contributed by atoms with E-state index in [1.165, 1.54) is 43.5 Å². The van der Waals surface area contributed by atoms with E-state index in [0.717, 1.165) is 5.01 Å². The maximum Gasteiger partial charge on any atom is 0.311 e. The van der Waals surface area contributed by atoms with Gasteiger partial charge >= 0.3 is 5.69 Å². The Morgan fingerprint density at radius 1 is 1.09 bits per heavy atom. The van der Waals surface area contributed by atoms with Gasteiger partial charge < -0.3 is 9.15 Å². The molecule has 162 valence electrons. The standard InChI is InChI=1S/C21H13Cl2N3O6/c1-31-19-6-2-11(8-17(19)26(29)30)18-7-4-13(32-18)10-14-20(27)24-25(21(14)28)12-3-5-15(22)16(23)9-12/h2-10H,1H3,(H,24,27)/b14-10-. The van der Waals surface area contributed by atoms with Crippen molar-refractivity contribution in [1.82, 2.24) is 5.43 Å². The van der Waals surface area contributed by atoms with Gasteiger partial charge in [-0.3, -0.25) is 25.1 Å². The molecule has 0 bridgehead atoms. The van der Waals surface area contributed by atoms with Crippen LogP contribution in [-0.2, 0) is 9.59 Å². The van der Waals surface area contributed by atoms with Crippen LogP contribution >= 0.6 is 23.2 Å². The molecule has 0 aliphatic carbocycles. The fraction of sp³-hybridized carbons (Fsp3) is 0.0476. The summed E-state index contributed by atoms with van der Waals surface area (Å²) in [4.78, 5) is 35.8. The van der Waals surface area contributed by atoms with Crippen LogP contribution in [0.2, 0.25) is 10.0 Å². The highest BCUT2D eigenvalue weighted by Crippen LogP contribution is 2.34. The number of rotatable bonds is 5. The van der Waals surface area contributed by atoms with Gasteiger partial charge in [0.15, 0.2) is 5.75 Å². The van der Waals surface area contributed by atoms with Crippen molar-refractivity contribution in [2.75, 3.05) is 12.1 Å². The second-order valence-electron chi connectivity index (χ2n) is 6.58. The topological polar surface area (TPSA) is 115 Å². The Morgan fingerprint density at radius 3 is 2.56 bits per heavy atom. The van der Waals surface area contributed by atoms with Crippen molar-refractivity contribution in [2.24, 2.45) is 0 Å². The lowest BCUT2D eigenvalue weighted by molar-refractivity contribution is -0.385. The molecule has 0 unspecified atom stereocenters. The number of amides is 2. The van der Waals surface area contributed by atoms with Gasteiger partial charge in [-0.25, -0.2) is 5.01 Å². The van der Waals surface area contributed by atoms with Crippen LogP contribution in [0, 0.1) is 10.1 Å². The molecule has 0 spiro atoms. The van der Waals surface area contributed by atoms with E-state index in [9.17, 15) is 19.7 Å². The number of carbonyl (C=O) groups is 2. The summed E-state index contributed by atoms with van der Waals surface area (Å²) in [6.45, 7) is 0. The maximum absolute atomic E-state index is 12.8. The number of anilines is 1. The number of halogens is 2. The molecule has 9 nitrogen and oxygen atoms in total. The average Bonchev–Trinajstić information content (AvgIpc) is 3.35. The fourth-order valence-corrected chi connectivity index (χ4v) is 3.37. The molecule has 3 aromatic rings. The summed E-state index contributed by atoms with van der Waals surface area (Å²) in [7, 11) is 1.34. The van der Waals surface area contributed by atoms with Crippen LogP contribution in [0.15, 0.2) is 58.5 Å². The first-order valence-electron chi connectivity index (χ1n) is 9.03. The number of hydrogen-bond donors (Lipinski definition) is 1. The van der Waals surface area contributed by atoms with Gasteiger partial charge in [0.1, 0.15) is 17.1 Å². The molecule has 0 radical (unpaired) electrons. The monoisotopic (exact) mass is 473 g/mol. The molecule has 0 atom stereocenters. The van der Waals surface area contributed by atoms with Crippen molar-refractivity contribution in [2.45, 2.75) is 0 Å². The second kappa shape index (κ2) is 8.37. The van der Waals surface area contributed by atoms with Crippen molar-refractivity contribution in [3.8, 4) is 17.1 Å². The largest absolute Gasteiger partial charge is 0.490 e. The van der Waals surface area contributed by atoms with Gasteiger partial charge in [-0.2, -0.15) is 0 Å². The lowest BCUT2D eigenvalue weighted by Gasteiger charge is -2.15. The molecular formula is C21H13Cl2N3O6. The molecule has 2 heterocycles. The molecule has 1 aromatic heterocycles. The zero-order chi connectivity index (χ0) is 23.0. The number of furan rings is 1. The molecule has 1 saturated heterocycles. The third-order valence-corrected chi connectivity index (χ3v) is 5.37. The molecule has 11 heteroatoms. The van der Waals surface area contributed by atoms with Gasteiger partial charge in [-0.15, -0.1) is 0 Å². The van der Waals surface area contributed by atoms with Crippen LogP contribution in [0.3, 0.4) is 0 Å². The third kappa shape index (κ3) is 3.91. The number of benzene rings is 2. The number of nitrogens with zero attached hydrogens (tertiary/aromatic N) is 2. The smallest absolute Gasteiger partial charge is 0.311 e. The molecule has 4 rings (SSSR count). The third-order valence-electron chi connectivity index (χ3n) is 4.63. The van der Waals surface area contributed by atoms with Crippen LogP contribution in [0.1, 0.15) is 5.76 Å². The summed E-state index contributed by atoms with van der Waals surface area (Å²) < 4.78 is 10.7. The summed E-state index contributed by atoms with van der Waals surface area (Å²) in [5.74, 6) is -0.587. The number of carbonyl (C=O) groups excluding carboxylic acids is 2. The van der Waals surface area contributed by atoms with Crippen molar-refractivity contribution in [3.63, 3.8) is 0 Å². The van der Waals surface area contributed by atoms with Crippen LogP contribution in [0.5, 0.6) is 5.75 Å². The Kier molecular flexibility index (Phi) is 5.60. The number of nitrogens with one attached hydrogen (secondary N) is 1. The van der Waals surface area contributed by atoms with Crippen LogP contribution < -0.4 is 15.2 Å². The summed E-state index contributed by atoms with van der Waals surface area (Å²) in [6.07, 6.45) is 1.29. The number of ether oxygens (including phenoxy) is 1. The Balaban J connectivity index is 1.62. The van der Waals surface area contributed by atoms with Crippen molar-refractivity contribution in [3.05, 3.63) is 80.0 Å². The minimum atomic E-state index is -0.626. The Bertz CT molecular complexity index is 1300. The van der Waals surface area contributed by atoms with Crippen molar-refractivity contribution < 1.29 is 23.7 Å². The van der Waals surface area contributed by atoms with Crippen molar-refractivity contribution >= 4 is 52.5 Å². The zero-order valence-corrected chi connectivity index (χ0v) is 17.8. The molecule has 32 heavy (non-hydrogen) atoms. The number of nitro groups is 1. The second-order valence-corrected chi connectivity index (χ2v) is 7.40. The van der Waals surface area contributed by atoms with Crippen LogP contribution in [0.25, 0.3) is 17.4 Å². The Hall–Kier alpha value is -3.82. The Labute approximate surface area is 190 Å². The summed E-state index contributed by atoms with van der Waals surface area (Å²) in [5.41, 5.74) is 2.85. The molecule has 1 N–H and O–H groups in total. The SMILES string of the molecule is COc1ccc(-c2ccc(/C=C3/C(=O)NN(c4ccc(Cl)c(Cl)c4)C3=O)o2)cc1[N+](=O)[O-]. The minimum Gasteiger partial charge on any atom is -0.490 e. The van der Waals surface area contributed by atoms with E-state index in [2.05, 4.69) is 5.43 Å². The summed E-state index contributed by atoms with van der Waals surface area (Å²) in [5, 5.41) is 12.8. The van der Waals surface area contributed by atoms with E-state index < -0.39 is 16.7 Å². The molecule has 1 aliphatic rings. The first-order valence-corrected chi connectivity index (χ1v) is 9.79. The van der Waals surface area contributed by atoms with Gasteiger partial charge in [0, 0.05) is 11.6 Å². The zero-order valence-electron chi connectivity index (χ0n) is 16.3. The van der Waals surface area contributed by atoms with E-state index in [4.69, 9.17) is 32.4 Å². The molecule has 2 amide bonds. The van der Waals surface area contributed by atoms with Crippen molar-refractivity contribution in [1.29, 1.82) is 0 Å². The van der Waals surface area contributed by atoms with E-state index >= 15 is 0 Å². The summed E-state index contributed by atoms with van der Waals surface area (Å²) >= 11 is 11.9. The predicted octanol–water partition coefficient (Wildman–Crippen LogP) is 4.63. The lowest BCUT2D eigenvalue weighted by atomic mass is 10.1. The molecule has 0 saturated carbocycles. The molecular weight excluding hydrogens is 461 g/mol. The highest BCUT2D eigenvalue weighted by molar-refractivity contribution is 6.42.